The molecule has 0 fully saturated rings. The molecule has 0 radical (unpaired) electrons. The zero-order valence-electron chi connectivity index (χ0n) is 6.48. The van der Waals surface area contributed by atoms with Crippen LogP contribution in [0.3, 0.4) is 0 Å². The maximum Gasteiger partial charge on any atom is 0.186 e. The topological polar surface area (TPSA) is 88.2 Å². The molecule has 0 aromatic rings. The molecule has 0 saturated carbocycles. The number of rotatable bonds is 2. The Hall–Kier alpha value is -1.39. The molecule has 0 aliphatic heterocycles. The van der Waals surface area contributed by atoms with Crippen LogP contribution in [0, 0.1) is 5.41 Å². The lowest BCUT2D eigenvalue weighted by atomic mass is 10.3. The van der Waals surface area contributed by atoms with Crippen LogP contribution >= 0.6 is 0 Å². The van der Waals surface area contributed by atoms with Crippen molar-refractivity contribution < 1.29 is 4.39 Å². The lowest BCUT2D eigenvalue weighted by molar-refractivity contribution is 0.793. The summed E-state index contributed by atoms with van der Waals surface area (Å²) in [4.78, 5) is 3.38. The van der Waals surface area contributed by atoms with Crippen molar-refractivity contribution >= 4 is 11.8 Å². The molecular formula is C6H11FN4. The van der Waals surface area contributed by atoms with E-state index in [9.17, 15) is 4.39 Å². The second kappa shape index (κ2) is 3.70. The molecule has 0 aromatic carbocycles. The molecule has 0 amide bonds. The summed E-state index contributed by atoms with van der Waals surface area (Å²) in [6, 6.07) is 0. The summed E-state index contributed by atoms with van der Waals surface area (Å²) in [5, 5.41) is 6.88. The van der Waals surface area contributed by atoms with Gasteiger partial charge in [0, 0.05) is 6.92 Å². The number of nitrogens with one attached hydrogen (secondary N) is 1. The van der Waals surface area contributed by atoms with Gasteiger partial charge in [0.05, 0.1) is 11.4 Å². The molecule has 4 nitrogen and oxygen atoms in total. The van der Waals surface area contributed by atoms with Crippen molar-refractivity contribution in [3.8, 4) is 0 Å². The van der Waals surface area contributed by atoms with Gasteiger partial charge in [-0.05, 0) is 6.92 Å². The van der Waals surface area contributed by atoms with Gasteiger partial charge in [-0.3, -0.25) is 5.41 Å². The number of halogens is 1. The van der Waals surface area contributed by atoms with E-state index in [0.29, 0.717) is 0 Å². The Bertz CT molecular complexity index is 225. The average molecular weight is 158 g/mol. The molecule has 0 aliphatic rings. The third-order valence-electron chi connectivity index (χ3n) is 1.00. The van der Waals surface area contributed by atoms with Crippen LogP contribution in [0.4, 0.5) is 4.39 Å². The van der Waals surface area contributed by atoms with Gasteiger partial charge in [-0.2, -0.15) is 4.39 Å². The first kappa shape index (κ1) is 9.61. The summed E-state index contributed by atoms with van der Waals surface area (Å²) in [5.41, 5.74) is 10.5. The van der Waals surface area contributed by atoms with Gasteiger partial charge in [-0.1, -0.05) is 0 Å². The summed E-state index contributed by atoms with van der Waals surface area (Å²) in [6.45, 7) is 2.68. The molecule has 0 saturated heterocycles. The second-order valence-electron chi connectivity index (χ2n) is 2.02. The molecular weight excluding hydrogens is 147 g/mol. The van der Waals surface area contributed by atoms with Gasteiger partial charge in [0.2, 0.25) is 0 Å². The van der Waals surface area contributed by atoms with E-state index in [0.717, 1.165) is 0 Å². The highest BCUT2D eigenvalue weighted by molar-refractivity contribution is 5.94. The third kappa shape index (κ3) is 3.34. The zero-order chi connectivity index (χ0) is 9.02. The van der Waals surface area contributed by atoms with Crippen LogP contribution in [0.15, 0.2) is 16.4 Å². The predicted octanol–water partition coefficient (Wildman–Crippen LogP) is 0.500. The molecule has 0 rings (SSSR count). The summed E-state index contributed by atoms with van der Waals surface area (Å²) >= 11 is 0. The van der Waals surface area contributed by atoms with Crippen LogP contribution in [-0.2, 0) is 0 Å². The van der Waals surface area contributed by atoms with Crippen molar-refractivity contribution in [3.63, 3.8) is 0 Å². The lowest BCUT2D eigenvalue weighted by Gasteiger charge is -1.99. The van der Waals surface area contributed by atoms with E-state index >= 15 is 0 Å². The lowest BCUT2D eigenvalue weighted by Crippen LogP contribution is -2.20. The van der Waals surface area contributed by atoms with Crippen molar-refractivity contribution in [2.75, 3.05) is 0 Å². The highest BCUT2D eigenvalue weighted by Crippen LogP contribution is 2.00. The maximum absolute atomic E-state index is 12.1. The van der Waals surface area contributed by atoms with Crippen molar-refractivity contribution in [1.29, 1.82) is 5.41 Å². The Morgan fingerprint density at radius 1 is 1.36 bits per heavy atom. The van der Waals surface area contributed by atoms with E-state index in [4.69, 9.17) is 16.9 Å². The van der Waals surface area contributed by atoms with Crippen molar-refractivity contribution in [3.05, 3.63) is 11.4 Å². The fourth-order valence-electron chi connectivity index (χ4n) is 0.486. The van der Waals surface area contributed by atoms with E-state index < -0.39 is 5.97 Å². The third-order valence-corrected chi connectivity index (χ3v) is 1.00. The minimum atomic E-state index is -0.605. The Morgan fingerprint density at radius 2 is 1.82 bits per heavy atom. The van der Waals surface area contributed by atoms with Gasteiger partial charge < -0.3 is 11.5 Å². The van der Waals surface area contributed by atoms with Crippen molar-refractivity contribution in [2.45, 2.75) is 13.8 Å². The number of nitrogens with zero attached hydrogens (tertiary/aromatic N) is 1. The first-order valence-corrected chi connectivity index (χ1v) is 2.96. The molecule has 0 spiro atoms. The molecule has 5 N–H and O–H groups in total. The van der Waals surface area contributed by atoms with Crippen molar-refractivity contribution in [2.24, 2.45) is 16.5 Å². The number of aliphatic imine (C=N–C) groups is 1. The molecule has 0 unspecified atom stereocenters. The van der Waals surface area contributed by atoms with Gasteiger partial charge >= 0.3 is 0 Å². The van der Waals surface area contributed by atoms with Gasteiger partial charge in [0.1, 0.15) is 5.84 Å². The highest BCUT2D eigenvalue weighted by atomic mass is 19.1. The first-order valence-electron chi connectivity index (χ1n) is 2.96. The molecule has 62 valence electrons. The minimum absolute atomic E-state index is 0.00185. The van der Waals surface area contributed by atoms with Gasteiger partial charge in [0.25, 0.3) is 0 Å². The van der Waals surface area contributed by atoms with E-state index in [1.165, 1.54) is 13.8 Å². The van der Waals surface area contributed by atoms with Crippen LogP contribution < -0.4 is 11.5 Å². The molecule has 5 heteroatoms. The molecule has 0 aliphatic carbocycles. The van der Waals surface area contributed by atoms with Crippen LogP contribution in [0.25, 0.3) is 0 Å². The fraction of sp³-hybridized carbons (Fsp3) is 0.333. The van der Waals surface area contributed by atoms with E-state index in [2.05, 4.69) is 4.99 Å². The predicted molar refractivity (Wildman–Crippen MR) is 43.0 cm³/mol. The molecule has 11 heavy (non-hydrogen) atoms. The van der Waals surface area contributed by atoms with E-state index in [1.54, 1.807) is 0 Å². The second-order valence-corrected chi connectivity index (χ2v) is 2.02. The van der Waals surface area contributed by atoms with Gasteiger partial charge in [-0.15, -0.1) is 0 Å². The largest absolute Gasteiger partial charge is 0.394 e. The van der Waals surface area contributed by atoms with Crippen molar-refractivity contribution in [1.82, 2.24) is 0 Å². The number of amidine groups is 1. The summed E-state index contributed by atoms with van der Waals surface area (Å²) in [5.74, 6) is -0.904. The Labute approximate surface area is 64.3 Å². The average Bonchev–Trinajstić information content (AvgIpc) is 1.84. The maximum atomic E-state index is 12.1. The van der Waals surface area contributed by atoms with Crippen LogP contribution in [0.1, 0.15) is 13.8 Å². The molecule has 0 atom stereocenters. The molecule has 0 bridgehead atoms. The van der Waals surface area contributed by atoms with Gasteiger partial charge in [-0.25, -0.2) is 4.99 Å². The number of hydrogen-bond acceptors (Lipinski definition) is 3. The fourth-order valence-corrected chi connectivity index (χ4v) is 0.486. The van der Waals surface area contributed by atoms with Crippen LogP contribution in [0.5, 0.6) is 0 Å². The SMILES string of the molecule is CC(F)=N/C(C)=C(/N)C(=N)N. The van der Waals surface area contributed by atoms with Gasteiger partial charge in [0.15, 0.2) is 5.97 Å². The normalized spacial score (nSPS) is 14.3. The highest BCUT2D eigenvalue weighted by Gasteiger charge is 1.99. The van der Waals surface area contributed by atoms with Crippen LogP contribution in [-0.4, -0.2) is 11.8 Å². The van der Waals surface area contributed by atoms with Crippen LogP contribution in [0.2, 0.25) is 0 Å². The number of nitrogens with two attached hydrogens (primary N) is 2. The minimum Gasteiger partial charge on any atom is -0.394 e. The first-order chi connectivity index (χ1) is 4.95. The Balaban J connectivity index is 4.68. The summed E-state index contributed by atoms with van der Waals surface area (Å²) in [6.07, 6.45) is 0. The quantitative estimate of drug-likeness (QED) is 0.403. The monoisotopic (exact) mass is 158 g/mol. The smallest absolute Gasteiger partial charge is 0.186 e. The standard InChI is InChI=1S/C6H11FN4/c1-3(11-4(2)7)5(8)6(9)10/h8H2,1-2H3,(H3,9,10)/b5-3+,11-4?. The van der Waals surface area contributed by atoms with E-state index in [1.807, 2.05) is 0 Å². The summed E-state index contributed by atoms with van der Waals surface area (Å²) in [7, 11) is 0. The zero-order valence-corrected chi connectivity index (χ0v) is 6.48. The number of hydrogen-bond donors (Lipinski definition) is 3. The Morgan fingerprint density at radius 3 is 2.09 bits per heavy atom. The summed E-state index contributed by atoms with van der Waals surface area (Å²) < 4.78 is 12.1. The molecule has 0 heterocycles. The Kier molecular flexibility index (Phi) is 3.23. The molecule has 0 aromatic heterocycles. The van der Waals surface area contributed by atoms with E-state index in [-0.39, 0.29) is 17.2 Å². The number of allylic oxidation sites excluding steroid dienone is 1.